The molecule has 0 amide bonds. The largest absolute Gasteiger partial charge is 0.327 e. The lowest BCUT2D eigenvalue weighted by atomic mass is 10.1. The van der Waals surface area contributed by atoms with Crippen LogP contribution in [0.15, 0.2) is 33.6 Å². The summed E-state index contributed by atoms with van der Waals surface area (Å²) in [5.74, 6) is 1.01. The van der Waals surface area contributed by atoms with E-state index in [1.165, 1.54) is 41.5 Å². The highest BCUT2D eigenvalue weighted by Crippen LogP contribution is 2.27. The van der Waals surface area contributed by atoms with Gasteiger partial charge in [-0.05, 0) is 34.5 Å². The molecule has 0 heterocycles. The topological polar surface area (TPSA) is 26.0 Å². The van der Waals surface area contributed by atoms with E-state index in [0.29, 0.717) is 6.04 Å². The van der Waals surface area contributed by atoms with Crippen LogP contribution in [-0.4, -0.2) is 11.8 Å². The molecule has 0 aromatic heterocycles. The van der Waals surface area contributed by atoms with Crippen LogP contribution in [0.3, 0.4) is 0 Å². The third-order valence-electron chi connectivity index (χ3n) is 2.97. The molecule has 0 saturated heterocycles. The molecule has 2 N–H and O–H groups in total. The molecule has 0 bridgehead atoms. The van der Waals surface area contributed by atoms with Gasteiger partial charge in [-0.15, -0.1) is 11.8 Å². The lowest BCUT2D eigenvalue weighted by Gasteiger charge is -2.11. The molecule has 1 nitrogen and oxygen atoms in total. The van der Waals surface area contributed by atoms with Gasteiger partial charge in [0, 0.05) is 21.2 Å². The van der Waals surface area contributed by atoms with Gasteiger partial charge in [0.05, 0.1) is 0 Å². The first-order valence-corrected chi connectivity index (χ1v) is 8.64. The van der Waals surface area contributed by atoms with Gasteiger partial charge in [-0.1, -0.05) is 51.2 Å². The summed E-state index contributed by atoms with van der Waals surface area (Å²) >= 11 is 5.42. The summed E-state index contributed by atoms with van der Waals surface area (Å²) in [7, 11) is 0. The first-order valence-electron chi connectivity index (χ1n) is 6.87. The van der Waals surface area contributed by atoms with Gasteiger partial charge in [0.25, 0.3) is 0 Å². The molecule has 0 radical (unpaired) electrons. The highest BCUT2D eigenvalue weighted by Gasteiger charge is 2.05. The zero-order valence-corrected chi connectivity index (χ0v) is 13.6. The van der Waals surface area contributed by atoms with E-state index in [0.717, 1.165) is 12.2 Å². The van der Waals surface area contributed by atoms with Crippen molar-refractivity contribution in [1.29, 1.82) is 0 Å². The number of benzene rings is 1. The molecule has 18 heavy (non-hydrogen) atoms. The Labute approximate surface area is 124 Å². The summed E-state index contributed by atoms with van der Waals surface area (Å²) < 4.78 is 1.17. The van der Waals surface area contributed by atoms with Crippen molar-refractivity contribution in [2.24, 2.45) is 5.73 Å². The molecule has 0 aliphatic carbocycles. The van der Waals surface area contributed by atoms with Crippen LogP contribution < -0.4 is 5.73 Å². The van der Waals surface area contributed by atoms with Gasteiger partial charge < -0.3 is 5.73 Å². The van der Waals surface area contributed by atoms with Crippen LogP contribution in [0.25, 0.3) is 0 Å². The third kappa shape index (κ3) is 6.81. The molecule has 0 aliphatic rings. The van der Waals surface area contributed by atoms with Crippen molar-refractivity contribution in [2.45, 2.75) is 56.4 Å². The highest BCUT2D eigenvalue weighted by molar-refractivity contribution is 9.10. The van der Waals surface area contributed by atoms with Crippen molar-refractivity contribution in [3.63, 3.8) is 0 Å². The summed E-state index contributed by atoms with van der Waals surface area (Å²) in [6.45, 7) is 2.25. The van der Waals surface area contributed by atoms with Crippen molar-refractivity contribution >= 4 is 27.7 Å². The third-order valence-corrected chi connectivity index (χ3v) is 5.18. The molecule has 1 aromatic carbocycles. The monoisotopic (exact) mass is 329 g/mol. The van der Waals surface area contributed by atoms with Crippen LogP contribution in [0.5, 0.6) is 0 Å². The zero-order valence-electron chi connectivity index (χ0n) is 11.2. The van der Waals surface area contributed by atoms with E-state index < -0.39 is 0 Å². The van der Waals surface area contributed by atoms with Crippen molar-refractivity contribution in [2.75, 3.05) is 5.75 Å². The normalized spacial score (nSPS) is 12.6. The van der Waals surface area contributed by atoms with Crippen molar-refractivity contribution < 1.29 is 0 Å². The molecular weight excluding hydrogens is 306 g/mol. The van der Waals surface area contributed by atoms with Gasteiger partial charge in [0.15, 0.2) is 0 Å². The smallest absolute Gasteiger partial charge is 0.0311 e. The Bertz CT molecular complexity index is 330. The number of thioether (sulfide) groups is 1. The predicted molar refractivity (Wildman–Crippen MR) is 86.2 cm³/mol. The van der Waals surface area contributed by atoms with Crippen LogP contribution in [0.1, 0.15) is 45.4 Å². The predicted octanol–water partition coefficient (Wildman–Crippen LogP) is 5.23. The Morgan fingerprint density at radius 3 is 2.61 bits per heavy atom. The van der Waals surface area contributed by atoms with Gasteiger partial charge >= 0.3 is 0 Å². The maximum absolute atomic E-state index is 6.15. The molecule has 1 rings (SSSR count). The van der Waals surface area contributed by atoms with Gasteiger partial charge in [-0.3, -0.25) is 0 Å². The number of rotatable bonds is 9. The second kappa shape index (κ2) is 9.88. The molecule has 3 heteroatoms. The quantitative estimate of drug-likeness (QED) is 0.496. The maximum atomic E-state index is 6.15. The molecular formula is C15H24BrNS. The minimum absolute atomic E-state index is 0.323. The fourth-order valence-corrected chi connectivity index (χ4v) is 3.42. The molecule has 1 atom stereocenters. The van der Waals surface area contributed by atoms with E-state index in [4.69, 9.17) is 5.73 Å². The van der Waals surface area contributed by atoms with Crippen LogP contribution in [0.2, 0.25) is 0 Å². The lowest BCUT2D eigenvalue weighted by Crippen LogP contribution is -2.22. The Morgan fingerprint density at radius 2 is 1.89 bits per heavy atom. The summed E-state index contributed by atoms with van der Waals surface area (Å²) in [6, 6.07) is 8.66. The Balaban J connectivity index is 2.13. The van der Waals surface area contributed by atoms with Gasteiger partial charge in [-0.2, -0.15) is 0 Å². The maximum Gasteiger partial charge on any atom is 0.0311 e. The molecule has 0 fully saturated rings. The van der Waals surface area contributed by atoms with E-state index in [-0.39, 0.29) is 0 Å². The molecule has 1 unspecified atom stereocenters. The summed E-state index contributed by atoms with van der Waals surface area (Å²) in [4.78, 5) is 1.29. The first-order chi connectivity index (χ1) is 8.74. The van der Waals surface area contributed by atoms with Crippen LogP contribution in [0.4, 0.5) is 0 Å². The molecule has 102 valence electrons. The SMILES string of the molecule is CCCCCCCC(N)CSc1ccccc1Br. The Hall–Kier alpha value is 0.01000. The second-order valence-corrected chi connectivity index (χ2v) is 6.62. The van der Waals surface area contributed by atoms with Crippen LogP contribution >= 0.6 is 27.7 Å². The summed E-state index contributed by atoms with van der Waals surface area (Å²) in [5.41, 5.74) is 6.15. The minimum Gasteiger partial charge on any atom is -0.327 e. The molecule has 1 aromatic rings. The first kappa shape index (κ1) is 16.1. The van der Waals surface area contributed by atoms with Crippen LogP contribution in [0, 0.1) is 0 Å². The minimum atomic E-state index is 0.323. The fourth-order valence-electron chi connectivity index (χ4n) is 1.85. The van der Waals surface area contributed by atoms with Crippen LogP contribution in [-0.2, 0) is 0 Å². The summed E-state index contributed by atoms with van der Waals surface area (Å²) in [6.07, 6.45) is 7.80. The van der Waals surface area contributed by atoms with Gasteiger partial charge in [-0.25, -0.2) is 0 Å². The standard InChI is InChI=1S/C15H24BrNS/c1-2-3-4-5-6-9-13(17)12-18-15-11-8-7-10-14(15)16/h7-8,10-11,13H,2-6,9,12,17H2,1H3. The number of hydrogen-bond donors (Lipinski definition) is 1. The lowest BCUT2D eigenvalue weighted by molar-refractivity contribution is 0.566. The molecule has 0 aliphatic heterocycles. The van der Waals surface area contributed by atoms with E-state index >= 15 is 0 Å². The zero-order chi connectivity index (χ0) is 13.2. The second-order valence-electron chi connectivity index (χ2n) is 4.70. The van der Waals surface area contributed by atoms with Crippen molar-refractivity contribution in [1.82, 2.24) is 0 Å². The van der Waals surface area contributed by atoms with E-state index in [1.807, 2.05) is 17.8 Å². The van der Waals surface area contributed by atoms with Gasteiger partial charge in [0.1, 0.15) is 0 Å². The Morgan fingerprint density at radius 1 is 1.17 bits per heavy atom. The van der Waals surface area contributed by atoms with Crippen molar-refractivity contribution in [3.05, 3.63) is 28.7 Å². The number of nitrogens with two attached hydrogens (primary N) is 1. The number of hydrogen-bond acceptors (Lipinski definition) is 2. The van der Waals surface area contributed by atoms with Gasteiger partial charge in [0.2, 0.25) is 0 Å². The average Bonchev–Trinajstić information content (AvgIpc) is 2.37. The summed E-state index contributed by atoms with van der Waals surface area (Å²) in [5, 5.41) is 0. The highest BCUT2D eigenvalue weighted by atomic mass is 79.9. The van der Waals surface area contributed by atoms with Crippen molar-refractivity contribution in [3.8, 4) is 0 Å². The Kier molecular flexibility index (Phi) is 8.82. The fraction of sp³-hybridized carbons (Fsp3) is 0.600. The van der Waals surface area contributed by atoms with E-state index in [1.54, 1.807) is 0 Å². The molecule has 0 saturated carbocycles. The van der Waals surface area contributed by atoms with E-state index in [9.17, 15) is 0 Å². The molecule has 0 spiro atoms. The van der Waals surface area contributed by atoms with E-state index in [2.05, 4.69) is 41.1 Å². The number of halogens is 1. The average molecular weight is 330 g/mol. The number of unbranched alkanes of at least 4 members (excludes halogenated alkanes) is 4.